The molecule has 0 bridgehead atoms. The number of fused-ring (bicyclic) bond motifs is 1. The molecule has 0 spiro atoms. The van der Waals surface area contributed by atoms with Crippen molar-refractivity contribution >= 4 is 16.7 Å². The molecule has 1 aliphatic carbocycles. The maximum Gasteiger partial charge on any atom is 0.270 e. The van der Waals surface area contributed by atoms with Crippen molar-refractivity contribution in [1.29, 1.82) is 0 Å². The van der Waals surface area contributed by atoms with Gasteiger partial charge in [-0.25, -0.2) is 4.98 Å². The first-order valence-corrected chi connectivity index (χ1v) is 8.38. The third kappa shape index (κ3) is 2.77. The van der Waals surface area contributed by atoms with Crippen molar-refractivity contribution in [3.8, 4) is 0 Å². The van der Waals surface area contributed by atoms with Crippen molar-refractivity contribution in [1.82, 2.24) is 19.9 Å². The first-order valence-electron chi connectivity index (χ1n) is 8.38. The third-order valence-electron chi connectivity index (χ3n) is 4.54. The maximum absolute atomic E-state index is 12.5. The molecule has 4 rings (SSSR count). The van der Waals surface area contributed by atoms with Crippen LogP contribution in [0.1, 0.15) is 40.8 Å². The summed E-state index contributed by atoms with van der Waals surface area (Å²) in [5.74, 6) is 1.64. The first kappa shape index (κ1) is 14.9. The molecule has 1 aliphatic rings. The summed E-state index contributed by atoms with van der Waals surface area (Å²) in [5.41, 5.74) is 1.63. The SMILES string of the molecule is Cc1cnc(C2CC2)n1CCNC(=O)c1nccc2ccccc12. The molecule has 3 aromatic rings. The molecule has 1 fully saturated rings. The minimum atomic E-state index is -0.127. The van der Waals surface area contributed by atoms with Gasteiger partial charge in [-0.15, -0.1) is 0 Å². The van der Waals surface area contributed by atoms with E-state index < -0.39 is 0 Å². The highest BCUT2D eigenvalue weighted by Gasteiger charge is 2.28. The van der Waals surface area contributed by atoms with E-state index in [-0.39, 0.29) is 5.91 Å². The summed E-state index contributed by atoms with van der Waals surface area (Å²) in [6.45, 7) is 3.38. The summed E-state index contributed by atoms with van der Waals surface area (Å²) in [7, 11) is 0. The Bertz CT molecular complexity index is 890. The van der Waals surface area contributed by atoms with Crippen LogP contribution >= 0.6 is 0 Å². The Morgan fingerprint density at radius 3 is 2.92 bits per heavy atom. The van der Waals surface area contributed by atoms with Gasteiger partial charge in [-0.2, -0.15) is 0 Å². The molecule has 0 saturated heterocycles. The summed E-state index contributed by atoms with van der Waals surface area (Å²) in [5, 5.41) is 4.90. The lowest BCUT2D eigenvalue weighted by atomic mass is 10.1. The molecule has 5 heteroatoms. The van der Waals surface area contributed by atoms with Crippen LogP contribution in [0.3, 0.4) is 0 Å². The Hall–Kier alpha value is -2.69. The van der Waals surface area contributed by atoms with Crippen LogP contribution < -0.4 is 5.32 Å². The van der Waals surface area contributed by atoms with Crippen LogP contribution in [-0.4, -0.2) is 27.0 Å². The number of hydrogen-bond donors (Lipinski definition) is 1. The van der Waals surface area contributed by atoms with Gasteiger partial charge in [0, 0.05) is 42.5 Å². The number of benzene rings is 1. The minimum absolute atomic E-state index is 0.127. The average Bonchev–Trinajstić information content (AvgIpc) is 3.39. The average molecular weight is 320 g/mol. The van der Waals surface area contributed by atoms with Crippen LogP contribution in [0.15, 0.2) is 42.7 Å². The number of hydrogen-bond acceptors (Lipinski definition) is 3. The van der Waals surface area contributed by atoms with E-state index in [2.05, 4.69) is 26.8 Å². The number of nitrogens with zero attached hydrogens (tertiary/aromatic N) is 3. The second-order valence-corrected chi connectivity index (χ2v) is 6.32. The minimum Gasteiger partial charge on any atom is -0.349 e. The molecule has 2 aromatic heterocycles. The second-order valence-electron chi connectivity index (χ2n) is 6.32. The van der Waals surface area contributed by atoms with Crippen LogP contribution in [-0.2, 0) is 6.54 Å². The Balaban J connectivity index is 1.46. The van der Waals surface area contributed by atoms with E-state index in [0.29, 0.717) is 18.2 Å². The molecule has 1 saturated carbocycles. The number of carbonyl (C=O) groups is 1. The standard InChI is InChI=1S/C19H20N4O/c1-13-12-22-18(15-6-7-15)23(13)11-10-21-19(24)17-16-5-3-2-4-14(16)8-9-20-17/h2-5,8-9,12,15H,6-7,10-11H2,1H3,(H,21,24). The van der Waals surface area contributed by atoms with E-state index in [9.17, 15) is 4.79 Å². The Morgan fingerprint density at radius 1 is 1.25 bits per heavy atom. The van der Waals surface area contributed by atoms with Crippen molar-refractivity contribution in [3.63, 3.8) is 0 Å². The van der Waals surface area contributed by atoms with Gasteiger partial charge in [-0.05, 0) is 31.2 Å². The normalized spacial score (nSPS) is 14.0. The number of amides is 1. The molecule has 1 amide bonds. The fraction of sp³-hybridized carbons (Fsp3) is 0.316. The lowest BCUT2D eigenvalue weighted by Crippen LogP contribution is -2.28. The molecule has 0 atom stereocenters. The zero-order valence-electron chi connectivity index (χ0n) is 13.7. The molecule has 1 N–H and O–H groups in total. The molecular formula is C19H20N4O. The van der Waals surface area contributed by atoms with E-state index in [1.807, 2.05) is 36.5 Å². The van der Waals surface area contributed by atoms with Crippen LogP contribution in [0, 0.1) is 6.92 Å². The lowest BCUT2D eigenvalue weighted by molar-refractivity contribution is 0.0949. The van der Waals surface area contributed by atoms with Crippen molar-refractivity contribution in [2.75, 3.05) is 6.54 Å². The quantitative estimate of drug-likeness (QED) is 0.786. The largest absolute Gasteiger partial charge is 0.349 e. The number of aromatic nitrogens is 3. The van der Waals surface area contributed by atoms with Crippen LogP contribution in [0.25, 0.3) is 10.8 Å². The van der Waals surface area contributed by atoms with Gasteiger partial charge >= 0.3 is 0 Å². The Kier molecular flexibility index (Phi) is 3.76. The van der Waals surface area contributed by atoms with Crippen molar-refractivity contribution in [2.45, 2.75) is 32.2 Å². The van der Waals surface area contributed by atoms with E-state index >= 15 is 0 Å². The molecule has 0 unspecified atom stereocenters. The molecule has 0 aliphatic heterocycles. The number of imidazole rings is 1. The van der Waals surface area contributed by atoms with Gasteiger partial charge in [0.15, 0.2) is 0 Å². The summed E-state index contributed by atoms with van der Waals surface area (Å²) in [6.07, 6.45) is 6.05. The van der Waals surface area contributed by atoms with E-state index in [1.54, 1.807) is 6.20 Å². The Labute approximate surface area is 140 Å². The van der Waals surface area contributed by atoms with Gasteiger partial charge in [0.05, 0.1) is 0 Å². The molecule has 1 aromatic carbocycles. The number of pyridine rings is 1. The van der Waals surface area contributed by atoms with Gasteiger partial charge in [0.1, 0.15) is 11.5 Å². The van der Waals surface area contributed by atoms with Gasteiger partial charge in [0.25, 0.3) is 5.91 Å². The van der Waals surface area contributed by atoms with Crippen LogP contribution in [0.4, 0.5) is 0 Å². The van der Waals surface area contributed by atoms with E-state index in [0.717, 1.165) is 28.8 Å². The monoisotopic (exact) mass is 320 g/mol. The smallest absolute Gasteiger partial charge is 0.270 e. The van der Waals surface area contributed by atoms with Gasteiger partial charge in [-0.1, -0.05) is 24.3 Å². The fourth-order valence-corrected chi connectivity index (χ4v) is 3.10. The highest BCUT2D eigenvalue weighted by Crippen LogP contribution is 2.39. The molecule has 0 radical (unpaired) electrons. The zero-order valence-corrected chi connectivity index (χ0v) is 13.7. The number of aryl methyl sites for hydroxylation is 1. The van der Waals surface area contributed by atoms with Crippen molar-refractivity contribution in [2.24, 2.45) is 0 Å². The fourth-order valence-electron chi connectivity index (χ4n) is 3.10. The van der Waals surface area contributed by atoms with Gasteiger partial charge in [-0.3, -0.25) is 9.78 Å². The molecule has 24 heavy (non-hydrogen) atoms. The third-order valence-corrected chi connectivity index (χ3v) is 4.54. The highest BCUT2D eigenvalue weighted by atomic mass is 16.1. The highest BCUT2D eigenvalue weighted by molar-refractivity contribution is 6.05. The summed E-state index contributed by atoms with van der Waals surface area (Å²) in [6, 6.07) is 9.73. The molecule has 2 heterocycles. The first-order chi connectivity index (χ1) is 11.7. The Morgan fingerprint density at radius 2 is 2.08 bits per heavy atom. The molecular weight excluding hydrogens is 300 g/mol. The number of nitrogens with one attached hydrogen (secondary N) is 1. The maximum atomic E-state index is 12.5. The van der Waals surface area contributed by atoms with Gasteiger partial charge < -0.3 is 9.88 Å². The second kappa shape index (κ2) is 6.07. The van der Waals surface area contributed by atoms with Crippen molar-refractivity contribution in [3.05, 3.63) is 59.9 Å². The summed E-state index contributed by atoms with van der Waals surface area (Å²) in [4.78, 5) is 21.3. The number of rotatable bonds is 5. The van der Waals surface area contributed by atoms with E-state index in [1.165, 1.54) is 12.8 Å². The molecule has 5 nitrogen and oxygen atoms in total. The topological polar surface area (TPSA) is 59.8 Å². The summed E-state index contributed by atoms with van der Waals surface area (Å²) >= 11 is 0. The zero-order chi connectivity index (χ0) is 16.5. The predicted octanol–water partition coefficient (Wildman–Crippen LogP) is 3.05. The summed E-state index contributed by atoms with van der Waals surface area (Å²) < 4.78 is 2.22. The number of carbonyl (C=O) groups excluding carboxylic acids is 1. The van der Waals surface area contributed by atoms with Crippen LogP contribution in [0.5, 0.6) is 0 Å². The van der Waals surface area contributed by atoms with Crippen LogP contribution in [0.2, 0.25) is 0 Å². The van der Waals surface area contributed by atoms with Gasteiger partial charge in [0.2, 0.25) is 0 Å². The lowest BCUT2D eigenvalue weighted by Gasteiger charge is -2.11. The van der Waals surface area contributed by atoms with E-state index in [4.69, 9.17) is 0 Å². The molecule has 122 valence electrons. The predicted molar refractivity (Wildman–Crippen MR) is 93.0 cm³/mol. The van der Waals surface area contributed by atoms with Crippen molar-refractivity contribution < 1.29 is 4.79 Å².